The number of nitrogens with zero attached hydrogens (tertiary/aromatic N) is 1. The summed E-state index contributed by atoms with van der Waals surface area (Å²) in [6.45, 7) is -0.0191. The van der Waals surface area contributed by atoms with E-state index in [-0.39, 0.29) is 13.2 Å². The minimum absolute atomic E-state index is 0.262. The highest BCUT2D eigenvalue weighted by atomic mass is 35.5. The zero-order valence-corrected chi connectivity index (χ0v) is 12.5. The summed E-state index contributed by atoms with van der Waals surface area (Å²) in [7, 11) is 0. The minimum atomic E-state index is -0.801. The van der Waals surface area contributed by atoms with Crippen molar-refractivity contribution in [2.75, 3.05) is 18.5 Å². The number of H-pyrrole nitrogens is 1. The Morgan fingerprint density at radius 1 is 1.23 bits per heavy atom. The highest BCUT2D eigenvalue weighted by Gasteiger charge is 2.10. The molecule has 0 saturated carbocycles. The number of anilines is 1. The molecule has 22 heavy (non-hydrogen) atoms. The van der Waals surface area contributed by atoms with Crippen molar-refractivity contribution in [3.8, 4) is 11.4 Å². The molecule has 0 aliphatic heterocycles. The predicted octanol–water partition coefficient (Wildman–Crippen LogP) is 2.65. The van der Waals surface area contributed by atoms with E-state index < -0.39 is 6.10 Å². The topological polar surface area (TPSA) is 81.2 Å². The van der Waals surface area contributed by atoms with Gasteiger partial charge in [0.2, 0.25) is 0 Å². The van der Waals surface area contributed by atoms with Crippen LogP contribution < -0.4 is 5.32 Å². The van der Waals surface area contributed by atoms with Gasteiger partial charge in [-0.05, 0) is 30.3 Å². The lowest BCUT2D eigenvalue weighted by Gasteiger charge is -2.11. The van der Waals surface area contributed by atoms with E-state index in [1.807, 2.05) is 36.4 Å². The van der Waals surface area contributed by atoms with Gasteiger partial charge in [-0.1, -0.05) is 23.7 Å². The van der Waals surface area contributed by atoms with Gasteiger partial charge in [0, 0.05) is 17.8 Å². The highest BCUT2D eigenvalue weighted by molar-refractivity contribution is 6.33. The van der Waals surface area contributed by atoms with E-state index in [9.17, 15) is 5.11 Å². The molecular formula is C16H16ClN3O2. The van der Waals surface area contributed by atoms with Crippen LogP contribution >= 0.6 is 11.6 Å². The largest absolute Gasteiger partial charge is 0.394 e. The lowest BCUT2D eigenvalue weighted by Crippen LogP contribution is -2.22. The van der Waals surface area contributed by atoms with E-state index in [4.69, 9.17) is 16.7 Å². The fourth-order valence-electron chi connectivity index (χ4n) is 2.20. The number of imidazole rings is 1. The number of benzene rings is 2. The first kappa shape index (κ1) is 14.8. The van der Waals surface area contributed by atoms with Gasteiger partial charge in [0.15, 0.2) is 0 Å². The molecule has 2 aromatic carbocycles. The van der Waals surface area contributed by atoms with Gasteiger partial charge in [0.05, 0.1) is 28.8 Å². The van der Waals surface area contributed by atoms with Crippen molar-refractivity contribution in [1.29, 1.82) is 0 Å². The quantitative estimate of drug-likeness (QED) is 0.583. The van der Waals surface area contributed by atoms with Gasteiger partial charge in [-0.25, -0.2) is 4.98 Å². The van der Waals surface area contributed by atoms with Gasteiger partial charge in [-0.2, -0.15) is 0 Å². The summed E-state index contributed by atoms with van der Waals surface area (Å²) in [5.41, 5.74) is 3.40. The van der Waals surface area contributed by atoms with Gasteiger partial charge in [0.1, 0.15) is 5.82 Å². The normalized spacial score (nSPS) is 12.5. The van der Waals surface area contributed by atoms with Crippen molar-refractivity contribution in [2.24, 2.45) is 0 Å². The number of aromatic amines is 1. The maximum Gasteiger partial charge on any atom is 0.140 e. The van der Waals surface area contributed by atoms with Crippen LogP contribution in [0.3, 0.4) is 0 Å². The molecule has 3 aromatic rings. The first-order chi connectivity index (χ1) is 10.7. The SMILES string of the molecule is OCC(O)CNc1ccc(Cl)c(-c2nc3ccccc3[nH]2)c1. The fraction of sp³-hybridized carbons (Fsp3) is 0.188. The number of hydrogen-bond acceptors (Lipinski definition) is 4. The van der Waals surface area contributed by atoms with Crippen LogP contribution in [0.4, 0.5) is 5.69 Å². The Hall–Kier alpha value is -2.08. The molecule has 0 saturated heterocycles. The Morgan fingerprint density at radius 3 is 2.82 bits per heavy atom. The molecule has 0 amide bonds. The third-order valence-electron chi connectivity index (χ3n) is 3.36. The molecule has 1 unspecified atom stereocenters. The summed E-state index contributed by atoms with van der Waals surface area (Å²) < 4.78 is 0. The summed E-state index contributed by atoms with van der Waals surface area (Å²) in [5.74, 6) is 0.692. The van der Waals surface area contributed by atoms with Gasteiger partial charge in [-0.3, -0.25) is 0 Å². The van der Waals surface area contributed by atoms with Crippen molar-refractivity contribution in [3.05, 3.63) is 47.5 Å². The number of aromatic nitrogens is 2. The summed E-state index contributed by atoms with van der Waals surface area (Å²) in [6, 6.07) is 13.2. The van der Waals surface area contributed by atoms with Crippen LogP contribution in [0.2, 0.25) is 5.02 Å². The van der Waals surface area contributed by atoms with Crippen LogP contribution in [0.15, 0.2) is 42.5 Å². The van der Waals surface area contributed by atoms with E-state index in [1.165, 1.54) is 0 Å². The Kier molecular flexibility index (Phi) is 4.29. The lowest BCUT2D eigenvalue weighted by molar-refractivity contribution is 0.105. The average molecular weight is 318 g/mol. The van der Waals surface area contributed by atoms with Crippen LogP contribution in [0.5, 0.6) is 0 Å². The van der Waals surface area contributed by atoms with E-state index in [0.717, 1.165) is 22.3 Å². The van der Waals surface area contributed by atoms with Crippen molar-refractivity contribution in [1.82, 2.24) is 9.97 Å². The molecule has 0 spiro atoms. The van der Waals surface area contributed by atoms with Crippen molar-refractivity contribution >= 4 is 28.3 Å². The number of aliphatic hydroxyl groups is 2. The summed E-state index contributed by atoms with van der Waals surface area (Å²) in [4.78, 5) is 7.78. The molecule has 0 bridgehead atoms. The second-order valence-corrected chi connectivity index (χ2v) is 5.42. The molecule has 3 rings (SSSR count). The average Bonchev–Trinajstić information content (AvgIpc) is 2.97. The van der Waals surface area contributed by atoms with Crippen molar-refractivity contribution in [2.45, 2.75) is 6.10 Å². The second kappa shape index (κ2) is 6.36. The van der Waals surface area contributed by atoms with E-state index in [2.05, 4.69) is 15.3 Å². The van der Waals surface area contributed by atoms with Crippen molar-refractivity contribution < 1.29 is 10.2 Å². The number of fused-ring (bicyclic) bond motifs is 1. The van der Waals surface area contributed by atoms with Crippen LogP contribution in [-0.4, -0.2) is 39.4 Å². The molecule has 1 heterocycles. The van der Waals surface area contributed by atoms with Gasteiger partial charge >= 0.3 is 0 Å². The van der Waals surface area contributed by atoms with Crippen molar-refractivity contribution in [3.63, 3.8) is 0 Å². The Morgan fingerprint density at radius 2 is 2.05 bits per heavy atom. The monoisotopic (exact) mass is 317 g/mol. The Labute approximate surface area is 132 Å². The standard InChI is InChI=1S/C16H16ClN3O2/c17-13-6-5-10(18-8-11(22)9-21)7-12(13)16-19-14-3-1-2-4-15(14)20-16/h1-7,11,18,21-22H,8-9H2,(H,19,20). The predicted molar refractivity (Wildman–Crippen MR) is 88.1 cm³/mol. The smallest absolute Gasteiger partial charge is 0.140 e. The lowest BCUT2D eigenvalue weighted by atomic mass is 10.2. The third kappa shape index (κ3) is 3.06. The third-order valence-corrected chi connectivity index (χ3v) is 3.69. The molecule has 0 aliphatic rings. The minimum Gasteiger partial charge on any atom is -0.394 e. The summed E-state index contributed by atoms with van der Waals surface area (Å²) in [6.07, 6.45) is -0.801. The molecule has 6 heteroatoms. The number of halogens is 1. The number of nitrogens with one attached hydrogen (secondary N) is 2. The number of hydrogen-bond donors (Lipinski definition) is 4. The molecule has 1 atom stereocenters. The fourth-order valence-corrected chi connectivity index (χ4v) is 2.40. The Bertz CT molecular complexity index is 755. The first-order valence-corrected chi connectivity index (χ1v) is 7.32. The Balaban J connectivity index is 1.92. The maximum absolute atomic E-state index is 9.40. The number of para-hydroxylation sites is 2. The van der Waals surface area contributed by atoms with Crippen LogP contribution in [0.1, 0.15) is 0 Å². The molecular weight excluding hydrogens is 302 g/mol. The van der Waals surface area contributed by atoms with Gasteiger partial charge in [0.25, 0.3) is 0 Å². The van der Waals surface area contributed by atoms with E-state index in [0.29, 0.717) is 10.8 Å². The number of aliphatic hydroxyl groups excluding tert-OH is 2. The molecule has 4 N–H and O–H groups in total. The highest BCUT2D eigenvalue weighted by Crippen LogP contribution is 2.30. The van der Waals surface area contributed by atoms with Crippen LogP contribution in [0.25, 0.3) is 22.4 Å². The van der Waals surface area contributed by atoms with Crippen LogP contribution in [0, 0.1) is 0 Å². The number of rotatable bonds is 5. The molecule has 0 aliphatic carbocycles. The summed E-state index contributed by atoms with van der Waals surface area (Å²) in [5, 5.41) is 21.9. The first-order valence-electron chi connectivity index (χ1n) is 6.95. The zero-order chi connectivity index (χ0) is 15.5. The van der Waals surface area contributed by atoms with E-state index in [1.54, 1.807) is 6.07 Å². The van der Waals surface area contributed by atoms with Crippen LogP contribution in [-0.2, 0) is 0 Å². The molecule has 114 valence electrons. The van der Waals surface area contributed by atoms with Gasteiger partial charge in [-0.15, -0.1) is 0 Å². The molecule has 0 fully saturated rings. The molecule has 0 radical (unpaired) electrons. The van der Waals surface area contributed by atoms with Gasteiger partial charge < -0.3 is 20.5 Å². The maximum atomic E-state index is 9.40. The molecule has 1 aromatic heterocycles. The van der Waals surface area contributed by atoms with E-state index >= 15 is 0 Å². The second-order valence-electron chi connectivity index (χ2n) is 5.01. The molecule has 5 nitrogen and oxygen atoms in total. The zero-order valence-electron chi connectivity index (χ0n) is 11.8. The summed E-state index contributed by atoms with van der Waals surface area (Å²) >= 11 is 6.27.